The smallest absolute Gasteiger partial charge is 0.0149 e. The van der Waals surface area contributed by atoms with Gasteiger partial charge in [0.15, 0.2) is 0 Å². The Morgan fingerprint density at radius 3 is 1.00 bits per heavy atom. The quantitative estimate of drug-likeness (QED) is 0.400. The van der Waals surface area contributed by atoms with Crippen molar-refractivity contribution in [2.45, 2.75) is 0 Å². The third kappa shape index (κ3) is 20.1. The molecule has 0 aromatic heterocycles. The van der Waals surface area contributed by atoms with Gasteiger partial charge in [0.25, 0.3) is 0 Å². The van der Waals surface area contributed by atoms with E-state index in [0.29, 0.717) is 0 Å². The molecule has 0 saturated carbocycles. The molecule has 0 bridgehead atoms. The second-order valence-electron chi connectivity index (χ2n) is 0. The van der Waals surface area contributed by atoms with Gasteiger partial charge in [-0.15, -0.1) is 0 Å². The molecule has 0 amide bonds. The van der Waals surface area contributed by atoms with Crippen molar-refractivity contribution >= 4 is 56.6 Å². The summed E-state index contributed by atoms with van der Waals surface area (Å²) in [5.74, 6) is 0. The van der Waals surface area contributed by atoms with E-state index < -0.39 is 0 Å². The standard InChI is InChI=1S/Cr.Fe.Ga.In.H4Si.6H/h;;;;1H4;;;;;;. The largest absolute Gasteiger partial charge is 0.0149 e. The van der Waals surface area contributed by atoms with Crippen LogP contribution in [-0.4, -0.2) is 56.6 Å². The third-order valence-corrected chi connectivity index (χ3v) is 0. The van der Waals surface area contributed by atoms with Crippen LogP contribution in [-0.2, 0) is 34.4 Å². The molecule has 0 radical (unpaired) electrons. The van der Waals surface area contributed by atoms with Crippen molar-refractivity contribution in [3.63, 3.8) is 0 Å². The fourth-order valence-corrected chi connectivity index (χ4v) is 0. The van der Waals surface area contributed by atoms with E-state index in [1.807, 2.05) is 0 Å². The maximum absolute atomic E-state index is 0. The second-order valence-corrected chi connectivity index (χ2v) is 0. The Morgan fingerprint density at radius 1 is 1.00 bits per heavy atom. The molecule has 5 heavy (non-hydrogen) atoms. The molecule has 0 aliphatic rings. The van der Waals surface area contributed by atoms with E-state index in [0.717, 1.165) is 0 Å². The molecule has 0 unspecified atom stereocenters. The van der Waals surface area contributed by atoms with Crippen LogP contribution in [0.5, 0.6) is 0 Å². The SMILES string of the molecule is [Cr].[Fe].[GaH3].[InH3].[SiH4]. The van der Waals surface area contributed by atoms with Crippen LogP contribution in [0, 0.1) is 0 Å². The van der Waals surface area contributed by atoms with Gasteiger partial charge >= 0.3 is 45.6 Å². The van der Waals surface area contributed by atoms with Crippen molar-refractivity contribution in [3.05, 3.63) is 0 Å². The summed E-state index contributed by atoms with van der Waals surface area (Å²) in [7, 11) is 0. The van der Waals surface area contributed by atoms with Gasteiger partial charge in [0.1, 0.15) is 0 Å². The predicted octanol–water partition coefficient (Wildman–Crippen LogP) is -3.82. The van der Waals surface area contributed by atoms with Crippen LogP contribution in [0.15, 0.2) is 0 Å². The van der Waals surface area contributed by atoms with Gasteiger partial charge in [-0.2, -0.15) is 0 Å². The molecule has 0 atom stereocenters. The van der Waals surface area contributed by atoms with Crippen molar-refractivity contribution in [1.82, 2.24) is 0 Å². The van der Waals surface area contributed by atoms with E-state index in [2.05, 4.69) is 0 Å². The van der Waals surface area contributed by atoms with E-state index in [-0.39, 0.29) is 91.0 Å². The summed E-state index contributed by atoms with van der Waals surface area (Å²) in [4.78, 5) is 0. The third-order valence-electron chi connectivity index (χ3n) is 0. The fraction of sp³-hybridized carbons (Fsp3) is 0. The van der Waals surface area contributed by atoms with Crippen LogP contribution in [0.1, 0.15) is 0 Å². The Hall–Kier alpha value is 2.78. The van der Waals surface area contributed by atoms with Crippen LogP contribution in [0.2, 0.25) is 0 Å². The molecule has 0 aromatic carbocycles. The van der Waals surface area contributed by atoms with Crippen LogP contribution >= 0.6 is 0 Å². The molecule has 0 nitrogen and oxygen atoms in total. The molecule has 0 N–H and O–H groups in total. The summed E-state index contributed by atoms with van der Waals surface area (Å²) in [6.45, 7) is 0. The number of hydrogen-bond acceptors (Lipinski definition) is 0. The molecular formula is H10CrFeGaInSi. The van der Waals surface area contributed by atoms with E-state index in [9.17, 15) is 0 Å². The van der Waals surface area contributed by atoms with Gasteiger partial charge in [0.2, 0.25) is 0 Å². The molecule has 0 aromatic rings. The molecule has 0 aliphatic carbocycles. The molecule has 5 heteroatoms. The first kappa shape index (κ1) is 46.3. The van der Waals surface area contributed by atoms with Gasteiger partial charge in [-0.1, -0.05) is 0 Å². The van der Waals surface area contributed by atoms with Crippen molar-refractivity contribution in [2.24, 2.45) is 0 Å². The fourth-order valence-electron chi connectivity index (χ4n) is 0. The van der Waals surface area contributed by atoms with E-state index in [4.69, 9.17) is 0 Å². The van der Waals surface area contributed by atoms with E-state index >= 15 is 0 Å². The maximum atomic E-state index is 0. The van der Waals surface area contributed by atoms with Gasteiger partial charge in [0, 0.05) is 34.4 Å². The van der Waals surface area contributed by atoms with Gasteiger partial charge in [-0.25, -0.2) is 0 Å². The minimum atomic E-state index is 0. The molecule has 0 saturated heterocycles. The molecule has 34 valence electrons. The van der Waals surface area contributed by atoms with Crippen molar-refractivity contribution < 1.29 is 34.4 Å². The minimum Gasteiger partial charge on any atom is -0.0149 e. The molecule has 0 heterocycles. The van der Waals surface area contributed by atoms with Gasteiger partial charge in [-0.05, 0) is 11.0 Å². The van der Waals surface area contributed by atoms with Crippen LogP contribution in [0.25, 0.3) is 0 Å². The number of hydrogen-bond donors (Lipinski definition) is 0. The van der Waals surface area contributed by atoms with Crippen molar-refractivity contribution in [1.29, 1.82) is 0 Å². The van der Waals surface area contributed by atoms with Crippen molar-refractivity contribution in [3.8, 4) is 0 Å². The topological polar surface area (TPSA) is 0 Å². The Kier molecular flexibility index (Phi) is 272. The summed E-state index contributed by atoms with van der Waals surface area (Å²) in [6, 6.07) is 0. The zero-order valence-corrected chi connectivity index (χ0v) is 3.14. The summed E-state index contributed by atoms with van der Waals surface area (Å²) in [5.41, 5.74) is 0. The molecule has 0 rings (SSSR count). The summed E-state index contributed by atoms with van der Waals surface area (Å²) in [6.07, 6.45) is 0. The Labute approximate surface area is 89.7 Å². The maximum Gasteiger partial charge on any atom is -0.0149 e. The first-order valence-corrected chi connectivity index (χ1v) is 0. The Balaban J connectivity index is 0. The van der Waals surface area contributed by atoms with E-state index in [1.165, 1.54) is 0 Å². The zero-order chi connectivity index (χ0) is 0. The second kappa shape index (κ2) is 29.3. The molecule has 0 aliphatic heterocycles. The molecule has 0 spiro atoms. The predicted molar refractivity (Wildman–Crippen MR) is 31.2 cm³/mol. The summed E-state index contributed by atoms with van der Waals surface area (Å²) >= 11 is 0. The monoisotopic (exact) mass is 330 g/mol. The van der Waals surface area contributed by atoms with Crippen LogP contribution in [0.4, 0.5) is 0 Å². The molecule has 0 fully saturated rings. The average molecular weight is 331 g/mol. The Morgan fingerprint density at radius 2 is 1.00 bits per heavy atom. The normalized spacial score (nSPS) is 0. The Bertz CT molecular complexity index is 11.6. The van der Waals surface area contributed by atoms with Crippen LogP contribution in [0.3, 0.4) is 0 Å². The summed E-state index contributed by atoms with van der Waals surface area (Å²) < 4.78 is 0. The summed E-state index contributed by atoms with van der Waals surface area (Å²) in [5, 5.41) is 0. The van der Waals surface area contributed by atoms with Gasteiger partial charge < -0.3 is 0 Å². The number of rotatable bonds is 0. The molecular weight excluding hydrogens is 320 g/mol. The first-order valence-electron chi connectivity index (χ1n) is 0. The van der Waals surface area contributed by atoms with Crippen molar-refractivity contribution in [2.75, 3.05) is 0 Å². The van der Waals surface area contributed by atoms with Gasteiger partial charge in [0.05, 0.1) is 0 Å². The first-order chi connectivity index (χ1) is 0. The average Bonchev–Trinajstić information content (AvgIpc) is 0. The van der Waals surface area contributed by atoms with Gasteiger partial charge in [-0.3, -0.25) is 0 Å². The van der Waals surface area contributed by atoms with E-state index in [1.54, 1.807) is 0 Å². The van der Waals surface area contributed by atoms with Crippen LogP contribution < -0.4 is 0 Å². The minimum absolute atomic E-state index is 0. The zero-order valence-electron chi connectivity index (χ0n) is 0.762.